The van der Waals surface area contributed by atoms with Crippen LogP contribution in [0.3, 0.4) is 0 Å². The molecule has 142 valence electrons. The molecule has 8 heteroatoms. The molecule has 1 aromatic carbocycles. The Morgan fingerprint density at radius 2 is 2.04 bits per heavy atom. The van der Waals surface area contributed by atoms with Crippen molar-refractivity contribution >= 4 is 23.4 Å². The van der Waals surface area contributed by atoms with Gasteiger partial charge in [-0.3, -0.25) is 14.5 Å². The molecule has 0 saturated heterocycles. The van der Waals surface area contributed by atoms with E-state index in [4.69, 9.17) is 16.7 Å². The monoisotopic (exact) mass is 403 g/mol. The van der Waals surface area contributed by atoms with Gasteiger partial charge in [0.1, 0.15) is 0 Å². The Hall–Kier alpha value is -1.93. The van der Waals surface area contributed by atoms with Gasteiger partial charge in [0.15, 0.2) is 11.0 Å². The lowest BCUT2D eigenvalue weighted by Gasteiger charge is -2.17. The average Bonchev–Trinajstić information content (AvgIpc) is 3.05. The third kappa shape index (κ3) is 5.52. The van der Waals surface area contributed by atoms with Crippen LogP contribution in [0, 0.1) is 0 Å². The van der Waals surface area contributed by atoms with Gasteiger partial charge in [0.2, 0.25) is 0 Å². The predicted molar refractivity (Wildman–Crippen MR) is 108 cm³/mol. The Bertz CT molecular complexity index is 858. The van der Waals surface area contributed by atoms with E-state index in [1.54, 1.807) is 18.0 Å². The molecule has 2 aromatic heterocycles. The van der Waals surface area contributed by atoms with E-state index in [0.717, 1.165) is 34.7 Å². The smallest absolute Gasteiger partial charge is 0.195 e. The molecular weight excluding hydrogens is 382 g/mol. The fraction of sp³-hybridized carbons (Fsp3) is 0.316. The zero-order chi connectivity index (χ0) is 19.1. The summed E-state index contributed by atoms with van der Waals surface area (Å²) in [6, 6.07) is 13.6. The van der Waals surface area contributed by atoms with Gasteiger partial charge in [0.25, 0.3) is 0 Å². The van der Waals surface area contributed by atoms with Crippen LogP contribution in [-0.4, -0.2) is 49.2 Å². The van der Waals surface area contributed by atoms with E-state index in [0.29, 0.717) is 18.0 Å². The van der Waals surface area contributed by atoms with Crippen molar-refractivity contribution in [3.63, 3.8) is 0 Å². The highest BCUT2D eigenvalue weighted by atomic mass is 35.5. The molecule has 3 rings (SSSR count). The summed E-state index contributed by atoms with van der Waals surface area (Å²) in [5, 5.41) is 19.3. The summed E-state index contributed by atoms with van der Waals surface area (Å²) in [6.45, 7) is 1.50. The molecule has 6 nitrogen and oxygen atoms in total. The number of benzene rings is 1. The number of rotatable bonds is 9. The predicted octanol–water partition coefficient (Wildman–Crippen LogP) is 3.42. The van der Waals surface area contributed by atoms with Crippen LogP contribution in [0.1, 0.15) is 17.9 Å². The Kier molecular flexibility index (Phi) is 7.23. The molecule has 3 aromatic rings. The van der Waals surface area contributed by atoms with Crippen molar-refractivity contribution in [1.29, 1.82) is 0 Å². The van der Waals surface area contributed by atoms with Crippen LogP contribution < -0.4 is 0 Å². The number of aliphatic hydroxyl groups excluding tert-OH is 1. The van der Waals surface area contributed by atoms with Crippen LogP contribution in [0.15, 0.2) is 53.8 Å². The highest BCUT2D eigenvalue weighted by Gasteiger charge is 2.16. The van der Waals surface area contributed by atoms with Crippen LogP contribution >= 0.6 is 23.4 Å². The van der Waals surface area contributed by atoms with Gasteiger partial charge in [-0.2, -0.15) is 0 Å². The summed E-state index contributed by atoms with van der Waals surface area (Å²) in [5.74, 6) is 1.61. The van der Waals surface area contributed by atoms with Gasteiger partial charge in [-0.1, -0.05) is 35.5 Å². The van der Waals surface area contributed by atoms with Crippen molar-refractivity contribution in [3.05, 3.63) is 65.2 Å². The van der Waals surface area contributed by atoms with Crippen LogP contribution in [0.2, 0.25) is 5.02 Å². The summed E-state index contributed by atoms with van der Waals surface area (Å²) in [4.78, 5) is 6.53. The van der Waals surface area contributed by atoms with Crippen LogP contribution in [0.25, 0.3) is 5.69 Å². The van der Waals surface area contributed by atoms with E-state index in [-0.39, 0.29) is 6.61 Å². The van der Waals surface area contributed by atoms with E-state index in [2.05, 4.69) is 20.1 Å². The van der Waals surface area contributed by atoms with Gasteiger partial charge < -0.3 is 5.11 Å². The summed E-state index contributed by atoms with van der Waals surface area (Å²) in [6.07, 6.45) is 2.51. The van der Waals surface area contributed by atoms with Gasteiger partial charge in [0.05, 0.1) is 17.9 Å². The first-order valence-corrected chi connectivity index (χ1v) is 10.1. The maximum absolute atomic E-state index is 9.05. The molecule has 0 spiro atoms. The number of hydrogen-bond donors (Lipinski definition) is 1. The Labute approximate surface area is 168 Å². The number of hydrogen-bond acceptors (Lipinski definition) is 6. The minimum atomic E-state index is 0.165. The zero-order valence-electron chi connectivity index (χ0n) is 15.1. The summed E-state index contributed by atoms with van der Waals surface area (Å²) >= 11 is 7.77. The highest BCUT2D eigenvalue weighted by Crippen LogP contribution is 2.25. The van der Waals surface area contributed by atoms with Crippen LogP contribution in [0.5, 0.6) is 0 Å². The third-order valence-electron chi connectivity index (χ3n) is 3.87. The molecule has 0 aliphatic rings. The number of aliphatic hydroxyl groups is 1. The molecule has 2 heterocycles. The maximum atomic E-state index is 9.05. The molecule has 0 amide bonds. The first-order chi connectivity index (χ1) is 13.2. The van der Waals surface area contributed by atoms with Crippen LogP contribution in [-0.2, 0) is 13.1 Å². The second-order valence-corrected chi connectivity index (χ2v) is 7.63. The minimum Gasteiger partial charge on any atom is -0.396 e. The lowest BCUT2D eigenvalue weighted by Crippen LogP contribution is -2.20. The fourth-order valence-electron chi connectivity index (χ4n) is 2.66. The normalized spacial score (nSPS) is 11.3. The molecule has 0 aliphatic carbocycles. The van der Waals surface area contributed by atoms with E-state index in [1.807, 2.05) is 54.1 Å². The topological polar surface area (TPSA) is 67.1 Å². The quantitative estimate of drug-likeness (QED) is 0.436. The van der Waals surface area contributed by atoms with E-state index in [1.165, 1.54) is 0 Å². The van der Waals surface area contributed by atoms with Crippen molar-refractivity contribution in [3.8, 4) is 5.69 Å². The van der Waals surface area contributed by atoms with Crippen molar-refractivity contribution < 1.29 is 5.11 Å². The molecule has 27 heavy (non-hydrogen) atoms. The lowest BCUT2D eigenvalue weighted by atomic mass is 10.3. The summed E-state index contributed by atoms with van der Waals surface area (Å²) in [7, 11) is 2.03. The maximum Gasteiger partial charge on any atom is 0.195 e. The van der Waals surface area contributed by atoms with E-state index < -0.39 is 0 Å². The van der Waals surface area contributed by atoms with E-state index in [9.17, 15) is 0 Å². The highest BCUT2D eigenvalue weighted by molar-refractivity contribution is 7.99. The number of aromatic nitrogens is 4. The molecule has 0 fully saturated rings. The second kappa shape index (κ2) is 9.85. The molecule has 0 saturated carbocycles. The summed E-state index contributed by atoms with van der Waals surface area (Å²) < 4.78 is 2.03. The standard InChI is InChI=1S/C19H22ClN5OS/c1-24(13-16-7-2-3-9-21-16)14-18-22-23-19(27-11-5-10-26)25(18)17-8-4-6-15(20)12-17/h2-4,6-9,12,26H,5,10-11,13-14H2,1H3. The minimum absolute atomic E-state index is 0.165. The van der Waals surface area contributed by atoms with Crippen molar-refractivity contribution in [2.24, 2.45) is 0 Å². The van der Waals surface area contributed by atoms with Gasteiger partial charge in [-0.15, -0.1) is 10.2 Å². The van der Waals surface area contributed by atoms with Crippen molar-refractivity contribution in [2.45, 2.75) is 24.7 Å². The Balaban J connectivity index is 1.83. The molecule has 0 radical (unpaired) electrons. The van der Waals surface area contributed by atoms with Gasteiger partial charge in [-0.05, 0) is 43.8 Å². The largest absolute Gasteiger partial charge is 0.396 e. The van der Waals surface area contributed by atoms with Crippen molar-refractivity contribution in [1.82, 2.24) is 24.6 Å². The first-order valence-electron chi connectivity index (χ1n) is 8.69. The molecule has 1 N–H and O–H groups in total. The SMILES string of the molecule is CN(Cc1ccccn1)Cc1nnc(SCCCO)n1-c1cccc(Cl)c1. The first kappa shape index (κ1) is 19.8. The molecule has 0 unspecified atom stereocenters. The Morgan fingerprint density at radius 1 is 1.15 bits per heavy atom. The molecule has 0 atom stereocenters. The number of pyridine rings is 1. The zero-order valence-corrected chi connectivity index (χ0v) is 16.7. The number of nitrogens with zero attached hydrogens (tertiary/aromatic N) is 5. The average molecular weight is 404 g/mol. The van der Waals surface area contributed by atoms with E-state index >= 15 is 0 Å². The van der Waals surface area contributed by atoms with Gasteiger partial charge in [-0.25, -0.2) is 0 Å². The second-order valence-electron chi connectivity index (χ2n) is 6.13. The van der Waals surface area contributed by atoms with Crippen LogP contribution in [0.4, 0.5) is 0 Å². The lowest BCUT2D eigenvalue weighted by molar-refractivity contribution is 0.296. The molecular formula is C19H22ClN5OS. The third-order valence-corrected chi connectivity index (χ3v) is 5.12. The van der Waals surface area contributed by atoms with Gasteiger partial charge >= 0.3 is 0 Å². The van der Waals surface area contributed by atoms with Crippen molar-refractivity contribution in [2.75, 3.05) is 19.4 Å². The summed E-state index contributed by atoms with van der Waals surface area (Å²) in [5.41, 5.74) is 1.94. The fourth-order valence-corrected chi connectivity index (χ4v) is 3.74. The van der Waals surface area contributed by atoms with Gasteiger partial charge in [0, 0.05) is 30.1 Å². The number of halogens is 1. The molecule has 0 bridgehead atoms. The molecule has 0 aliphatic heterocycles. The number of thioether (sulfide) groups is 1. The Morgan fingerprint density at radius 3 is 2.78 bits per heavy atom.